The van der Waals surface area contributed by atoms with Gasteiger partial charge >= 0.3 is 0 Å². The van der Waals surface area contributed by atoms with Gasteiger partial charge in [-0.15, -0.1) is 0 Å². The van der Waals surface area contributed by atoms with Crippen LogP contribution in [0.3, 0.4) is 0 Å². The molecule has 0 aromatic heterocycles. The molecule has 4 nitrogen and oxygen atoms in total. The lowest BCUT2D eigenvalue weighted by atomic mass is 9.73. The fraction of sp³-hybridized carbons (Fsp3) is 0.619. The van der Waals surface area contributed by atoms with Crippen LogP contribution in [0.15, 0.2) is 30.3 Å². The lowest BCUT2D eigenvalue weighted by Crippen LogP contribution is -2.38. The molecule has 1 amide bonds. The summed E-state index contributed by atoms with van der Waals surface area (Å²) in [5.74, 6) is 0.366. The van der Waals surface area contributed by atoms with Crippen LogP contribution in [0, 0.1) is 5.41 Å². The maximum Gasteiger partial charge on any atom is 0.222 e. The number of piperidine rings is 1. The van der Waals surface area contributed by atoms with Gasteiger partial charge in [-0.1, -0.05) is 30.3 Å². The maximum absolute atomic E-state index is 12.5. The van der Waals surface area contributed by atoms with E-state index >= 15 is 0 Å². The number of nitrogens with zero attached hydrogens (tertiary/aromatic N) is 1. The van der Waals surface area contributed by atoms with E-state index in [0.29, 0.717) is 24.7 Å². The monoisotopic (exact) mass is 342 g/mol. The molecule has 2 saturated heterocycles. The second-order valence-electron chi connectivity index (χ2n) is 7.63. The van der Waals surface area contributed by atoms with E-state index in [0.717, 1.165) is 44.6 Å². The Hall–Kier alpha value is -1.68. The van der Waals surface area contributed by atoms with Gasteiger partial charge in [0, 0.05) is 31.5 Å². The molecule has 3 rings (SSSR count). The highest BCUT2D eigenvalue weighted by atomic mass is 16.2. The van der Waals surface area contributed by atoms with E-state index in [-0.39, 0.29) is 11.7 Å². The van der Waals surface area contributed by atoms with Crippen LogP contribution in [0.25, 0.3) is 0 Å². The van der Waals surface area contributed by atoms with Crippen molar-refractivity contribution < 1.29 is 9.59 Å². The zero-order chi connectivity index (χ0) is 17.5. The zero-order valence-corrected chi connectivity index (χ0v) is 15.1. The standard InChI is InChI=1S/C21H30N2O2/c24-19(18-6-2-1-3-7-18)8-4-9-20(25)23-16-5-10-21(13-17-23)11-14-22-15-12-21/h1-3,6-7,22H,4-5,8-17H2. The molecule has 0 radical (unpaired) electrons. The molecule has 25 heavy (non-hydrogen) atoms. The predicted octanol–water partition coefficient (Wildman–Crippen LogP) is 3.42. The van der Waals surface area contributed by atoms with Crippen LogP contribution in [-0.2, 0) is 4.79 Å². The fourth-order valence-corrected chi connectivity index (χ4v) is 4.29. The normalized spacial score (nSPS) is 20.2. The van der Waals surface area contributed by atoms with E-state index in [9.17, 15) is 9.59 Å². The Morgan fingerprint density at radius 1 is 0.960 bits per heavy atom. The molecular formula is C21H30N2O2. The molecule has 0 aliphatic carbocycles. The molecular weight excluding hydrogens is 312 g/mol. The van der Waals surface area contributed by atoms with Crippen LogP contribution in [0.5, 0.6) is 0 Å². The van der Waals surface area contributed by atoms with Gasteiger partial charge in [0.2, 0.25) is 5.91 Å². The lowest BCUT2D eigenvalue weighted by Gasteiger charge is -2.37. The summed E-state index contributed by atoms with van der Waals surface area (Å²) in [5, 5.41) is 3.45. The average Bonchev–Trinajstić information content (AvgIpc) is 2.85. The Morgan fingerprint density at radius 2 is 1.72 bits per heavy atom. The van der Waals surface area contributed by atoms with Gasteiger partial charge in [0.05, 0.1) is 0 Å². The van der Waals surface area contributed by atoms with Gasteiger partial charge in [-0.25, -0.2) is 0 Å². The molecule has 0 unspecified atom stereocenters. The van der Waals surface area contributed by atoms with Gasteiger partial charge in [0.25, 0.3) is 0 Å². The summed E-state index contributed by atoms with van der Waals surface area (Å²) in [5.41, 5.74) is 1.21. The Bertz CT molecular complexity index is 579. The molecule has 2 fully saturated rings. The van der Waals surface area contributed by atoms with Crippen molar-refractivity contribution in [1.82, 2.24) is 10.2 Å². The van der Waals surface area contributed by atoms with Gasteiger partial charge in [-0.2, -0.15) is 0 Å². The minimum absolute atomic E-state index is 0.137. The number of carbonyl (C=O) groups excluding carboxylic acids is 2. The third-order valence-electron chi connectivity index (χ3n) is 5.95. The van der Waals surface area contributed by atoms with E-state index in [1.165, 1.54) is 19.3 Å². The van der Waals surface area contributed by atoms with Gasteiger partial charge < -0.3 is 10.2 Å². The molecule has 2 aliphatic heterocycles. The Balaban J connectivity index is 1.43. The summed E-state index contributed by atoms with van der Waals surface area (Å²) >= 11 is 0. The minimum atomic E-state index is 0.137. The average molecular weight is 342 g/mol. The smallest absolute Gasteiger partial charge is 0.222 e. The van der Waals surface area contributed by atoms with E-state index in [4.69, 9.17) is 0 Å². The number of likely N-dealkylation sites (tertiary alicyclic amines) is 1. The lowest BCUT2D eigenvalue weighted by molar-refractivity contribution is -0.131. The first-order chi connectivity index (χ1) is 12.2. The summed E-state index contributed by atoms with van der Waals surface area (Å²) in [7, 11) is 0. The Labute approximate surface area is 151 Å². The van der Waals surface area contributed by atoms with Crippen molar-refractivity contribution in [3.05, 3.63) is 35.9 Å². The van der Waals surface area contributed by atoms with Crippen molar-refractivity contribution in [2.24, 2.45) is 5.41 Å². The molecule has 1 aromatic carbocycles. The number of benzene rings is 1. The first kappa shape index (κ1) is 18.1. The van der Waals surface area contributed by atoms with Crippen molar-refractivity contribution in [3.8, 4) is 0 Å². The molecule has 0 saturated carbocycles. The number of amides is 1. The van der Waals surface area contributed by atoms with Gasteiger partial charge in [0.1, 0.15) is 0 Å². The number of rotatable bonds is 5. The molecule has 1 aromatic rings. The molecule has 4 heteroatoms. The number of hydrogen-bond acceptors (Lipinski definition) is 3. The third-order valence-corrected chi connectivity index (χ3v) is 5.95. The summed E-state index contributed by atoms with van der Waals surface area (Å²) in [6.07, 6.45) is 7.62. The summed E-state index contributed by atoms with van der Waals surface area (Å²) < 4.78 is 0. The summed E-state index contributed by atoms with van der Waals surface area (Å²) in [4.78, 5) is 26.7. The number of nitrogens with one attached hydrogen (secondary N) is 1. The quantitative estimate of drug-likeness (QED) is 0.834. The van der Waals surface area contributed by atoms with Gasteiger partial charge in [0.15, 0.2) is 5.78 Å². The maximum atomic E-state index is 12.5. The molecule has 2 heterocycles. The third kappa shape index (κ3) is 4.91. The van der Waals surface area contributed by atoms with Crippen molar-refractivity contribution in [2.45, 2.75) is 51.4 Å². The highest BCUT2D eigenvalue weighted by Gasteiger charge is 2.34. The molecule has 1 spiro atoms. The first-order valence-corrected chi connectivity index (χ1v) is 9.75. The van der Waals surface area contributed by atoms with E-state index in [1.807, 2.05) is 35.2 Å². The van der Waals surface area contributed by atoms with Crippen LogP contribution < -0.4 is 5.32 Å². The van der Waals surface area contributed by atoms with E-state index in [2.05, 4.69) is 5.32 Å². The van der Waals surface area contributed by atoms with E-state index < -0.39 is 0 Å². The van der Waals surface area contributed by atoms with Crippen molar-refractivity contribution in [2.75, 3.05) is 26.2 Å². The summed E-state index contributed by atoms with van der Waals surface area (Å²) in [6, 6.07) is 9.36. The second-order valence-corrected chi connectivity index (χ2v) is 7.63. The van der Waals surface area contributed by atoms with Crippen molar-refractivity contribution in [3.63, 3.8) is 0 Å². The van der Waals surface area contributed by atoms with Crippen molar-refractivity contribution in [1.29, 1.82) is 0 Å². The highest BCUT2D eigenvalue weighted by molar-refractivity contribution is 5.96. The fourth-order valence-electron chi connectivity index (χ4n) is 4.29. The van der Waals surface area contributed by atoms with E-state index in [1.54, 1.807) is 0 Å². The molecule has 0 atom stereocenters. The second kappa shape index (κ2) is 8.61. The van der Waals surface area contributed by atoms with Crippen LogP contribution in [0.1, 0.15) is 61.7 Å². The summed E-state index contributed by atoms with van der Waals surface area (Å²) in [6.45, 7) is 4.02. The SMILES string of the molecule is O=C(CCCC(=O)N1CCCC2(CCNCC2)CC1)c1ccccc1. The molecule has 1 N–H and O–H groups in total. The van der Waals surface area contributed by atoms with Crippen LogP contribution in [-0.4, -0.2) is 42.8 Å². The number of carbonyl (C=O) groups is 2. The molecule has 2 aliphatic rings. The topological polar surface area (TPSA) is 49.4 Å². The number of ketones is 1. The predicted molar refractivity (Wildman–Crippen MR) is 99.6 cm³/mol. The number of hydrogen-bond donors (Lipinski definition) is 1. The first-order valence-electron chi connectivity index (χ1n) is 9.75. The zero-order valence-electron chi connectivity index (χ0n) is 15.1. The molecule has 136 valence electrons. The largest absolute Gasteiger partial charge is 0.343 e. The van der Waals surface area contributed by atoms with Crippen LogP contribution in [0.2, 0.25) is 0 Å². The van der Waals surface area contributed by atoms with Crippen LogP contribution >= 0.6 is 0 Å². The van der Waals surface area contributed by atoms with Crippen LogP contribution in [0.4, 0.5) is 0 Å². The van der Waals surface area contributed by atoms with Gasteiger partial charge in [-0.3, -0.25) is 9.59 Å². The number of Topliss-reactive ketones (excluding diaryl/α,β-unsaturated/α-hetero) is 1. The Kier molecular flexibility index (Phi) is 6.24. The minimum Gasteiger partial charge on any atom is -0.343 e. The van der Waals surface area contributed by atoms with Gasteiger partial charge in [-0.05, 0) is 57.0 Å². The van der Waals surface area contributed by atoms with Crippen molar-refractivity contribution >= 4 is 11.7 Å². The Morgan fingerprint density at radius 3 is 2.48 bits per heavy atom. The molecule has 0 bridgehead atoms. The highest BCUT2D eigenvalue weighted by Crippen LogP contribution is 2.39.